The summed E-state index contributed by atoms with van der Waals surface area (Å²) < 4.78 is 68.2. The second-order valence-corrected chi connectivity index (χ2v) is 28.9. The summed E-state index contributed by atoms with van der Waals surface area (Å²) in [6, 6.07) is 0. The molecule has 0 heterocycles. The lowest BCUT2D eigenvalue weighted by molar-refractivity contribution is -0.161. The number of phosphoric ester groups is 2. The molecule has 0 rings (SSSR count). The van der Waals surface area contributed by atoms with Crippen LogP contribution in [0.1, 0.15) is 381 Å². The standard InChI is InChI=1S/C72H140O17P2/c1-5-9-13-17-21-25-27-29-30-31-32-33-34-35-36-37-38-40-43-47-51-55-59-72(77)89-68(63-83-70(75)57-53-49-45-42-39-28-26-22-18-14-10-6-2)65-87-91(80,81)85-61-66(73)60-84-90(78,79)86-64-67(62-82-69(74)56-52-48-44-24-20-16-12-8-4)88-71(76)58-54-50-46-41-23-19-15-11-7-3/h66-68,73H,5-65H2,1-4H3,(H,78,79)(H,80,81)/t66-,67+,68+/m0/s1. The summed E-state index contributed by atoms with van der Waals surface area (Å²) >= 11 is 0. The topological polar surface area (TPSA) is 237 Å². The van der Waals surface area contributed by atoms with E-state index in [4.69, 9.17) is 37.0 Å². The molecular weight excluding hydrogens is 1200 g/mol. The monoisotopic (exact) mass is 1340 g/mol. The van der Waals surface area contributed by atoms with Crippen LogP contribution in [0.5, 0.6) is 0 Å². The summed E-state index contributed by atoms with van der Waals surface area (Å²) in [6.45, 7) is 4.91. The van der Waals surface area contributed by atoms with Gasteiger partial charge in [0, 0.05) is 25.7 Å². The molecule has 2 unspecified atom stereocenters. The van der Waals surface area contributed by atoms with E-state index in [0.717, 1.165) is 96.3 Å². The van der Waals surface area contributed by atoms with Gasteiger partial charge < -0.3 is 33.8 Å². The molecular formula is C72H140O17P2. The number of hydrogen-bond donors (Lipinski definition) is 3. The molecule has 0 aliphatic carbocycles. The van der Waals surface area contributed by atoms with Crippen molar-refractivity contribution in [1.82, 2.24) is 0 Å². The molecule has 0 aromatic rings. The Morgan fingerprint density at radius 1 is 0.264 bits per heavy atom. The van der Waals surface area contributed by atoms with Crippen molar-refractivity contribution in [2.45, 2.75) is 399 Å². The summed E-state index contributed by atoms with van der Waals surface area (Å²) in [7, 11) is -9.89. The van der Waals surface area contributed by atoms with Crippen LogP contribution in [0.3, 0.4) is 0 Å². The van der Waals surface area contributed by atoms with Crippen LogP contribution in [-0.2, 0) is 65.4 Å². The molecule has 0 aliphatic rings. The van der Waals surface area contributed by atoms with Crippen molar-refractivity contribution in [3.05, 3.63) is 0 Å². The highest BCUT2D eigenvalue weighted by atomic mass is 31.2. The maximum absolute atomic E-state index is 13.0. The number of hydrogen-bond acceptors (Lipinski definition) is 15. The zero-order valence-electron chi connectivity index (χ0n) is 58.8. The first-order valence-electron chi connectivity index (χ1n) is 37.8. The van der Waals surface area contributed by atoms with Gasteiger partial charge in [-0.3, -0.25) is 37.3 Å². The van der Waals surface area contributed by atoms with Gasteiger partial charge in [0.1, 0.15) is 19.3 Å². The molecule has 0 bridgehead atoms. The fraction of sp³-hybridized carbons (Fsp3) is 0.944. The van der Waals surface area contributed by atoms with Crippen LogP contribution in [0.25, 0.3) is 0 Å². The Morgan fingerprint density at radius 2 is 0.440 bits per heavy atom. The average molecular weight is 1340 g/mol. The van der Waals surface area contributed by atoms with Crippen molar-refractivity contribution in [3.63, 3.8) is 0 Å². The first kappa shape index (κ1) is 89.1. The minimum atomic E-state index is -4.95. The van der Waals surface area contributed by atoms with E-state index in [9.17, 15) is 43.2 Å². The normalized spacial score (nSPS) is 14.0. The van der Waals surface area contributed by atoms with Gasteiger partial charge in [0.05, 0.1) is 26.4 Å². The Morgan fingerprint density at radius 3 is 0.648 bits per heavy atom. The average Bonchev–Trinajstić information content (AvgIpc) is 3.74. The third-order valence-corrected chi connectivity index (χ3v) is 18.8. The van der Waals surface area contributed by atoms with E-state index < -0.39 is 97.5 Å². The van der Waals surface area contributed by atoms with Gasteiger partial charge >= 0.3 is 39.5 Å². The maximum atomic E-state index is 13.0. The van der Waals surface area contributed by atoms with Gasteiger partial charge in [-0.25, -0.2) is 9.13 Å². The lowest BCUT2D eigenvalue weighted by atomic mass is 10.0. The van der Waals surface area contributed by atoms with Gasteiger partial charge in [0.2, 0.25) is 0 Å². The van der Waals surface area contributed by atoms with Gasteiger partial charge in [-0.2, -0.15) is 0 Å². The van der Waals surface area contributed by atoms with Gasteiger partial charge in [0.15, 0.2) is 12.2 Å². The van der Waals surface area contributed by atoms with Crippen LogP contribution in [0.15, 0.2) is 0 Å². The zero-order valence-corrected chi connectivity index (χ0v) is 60.6. The van der Waals surface area contributed by atoms with Crippen LogP contribution in [0, 0.1) is 0 Å². The van der Waals surface area contributed by atoms with E-state index in [-0.39, 0.29) is 25.7 Å². The first-order valence-corrected chi connectivity index (χ1v) is 40.8. The maximum Gasteiger partial charge on any atom is 0.472 e. The van der Waals surface area contributed by atoms with E-state index in [1.807, 2.05) is 0 Å². The first-order chi connectivity index (χ1) is 44.2. The molecule has 0 radical (unpaired) electrons. The summed E-state index contributed by atoms with van der Waals surface area (Å²) in [5, 5.41) is 10.6. The number of rotatable bonds is 73. The highest BCUT2D eigenvalue weighted by molar-refractivity contribution is 7.47. The Kier molecular flexibility index (Phi) is 65.2. The van der Waals surface area contributed by atoms with Crippen molar-refractivity contribution < 1.29 is 80.2 Å². The zero-order chi connectivity index (χ0) is 66.8. The number of carbonyl (C=O) groups excluding carboxylic acids is 4. The predicted octanol–water partition coefficient (Wildman–Crippen LogP) is 21.1. The molecule has 0 spiro atoms. The molecule has 0 amide bonds. The van der Waals surface area contributed by atoms with E-state index in [2.05, 4.69) is 27.7 Å². The number of phosphoric acid groups is 2. The molecule has 0 aromatic carbocycles. The lowest BCUT2D eigenvalue weighted by Crippen LogP contribution is -2.30. The third kappa shape index (κ3) is 66.5. The predicted molar refractivity (Wildman–Crippen MR) is 368 cm³/mol. The summed E-state index contributed by atoms with van der Waals surface area (Å²) in [5.74, 6) is -2.12. The molecule has 91 heavy (non-hydrogen) atoms. The molecule has 540 valence electrons. The van der Waals surface area contributed by atoms with Crippen LogP contribution in [0.2, 0.25) is 0 Å². The van der Waals surface area contributed by atoms with E-state index in [0.29, 0.717) is 25.7 Å². The van der Waals surface area contributed by atoms with Gasteiger partial charge in [-0.1, -0.05) is 329 Å². The Labute approximate surface area is 556 Å². The van der Waals surface area contributed by atoms with Crippen LogP contribution in [-0.4, -0.2) is 96.7 Å². The Balaban J connectivity index is 5.11. The molecule has 0 saturated carbocycles. The minimum Gasteiger partial charge on any atom is -0.462 e. The van der Waals surface area contributed by atoms with Crippen molar-refractivity contribution in [1.29, 1.82) is 0 Å². The molecule has 3 N–H and O–H groups in total. The van der Waals surface area contributed by atoms with E-state index in [1.54, 1.807) is 0 Å². The van der Waals surface area contributed by atoms with Crippen molar-refractivity contribution in [2.75, 3.05) is 39.6 Å². The van der Waals surface area contributed by atoms with Crippen LogP contribution < -0.4 is 0 Å². The summed E-state index contributed by atoms with van der Waals surface area (Å²) in [6.07, 6.45) is 55.7. The third-order valence-electron chi connectivity index (χ3n) is 16.9. The number of esters is 4. The van der Waals surface area contributed by atoms with Crippen molar-refractivity contribution in [3.8, 4) is 0 Å². The molecule has 5 atom stereocenters. The van der Waals surface area contributed by atoms with Gasteiger partial charge in [-0.05, 0) is 25.7 Å². The van der Waals surface area contributed by atoms with Crippen molar-refractivity contribution >= 4 is 39.5 Å². The number of carbonyl (C=O) groups is 4. The Bertz CT molecular complexity index is 1740. The van der Waals surface area contributed by atoms with Gasteiger partial charge in [-0.15, -0.1) is 0 Å². The fourth-order valence-corrected chi connectivity index (χ4v) is 12.6. The van der Waals surface area contributed by atoms with Crippen molar-refractivity contribution in [2.24, 2.45) is 0 Å². The fourth-order valence-electron chi connectivity index (χ4n) is 11.0. The summed E-state index contributed by atoms with van der Waals surface area (Å²) in [4.78, 5) is 72.4. The SMILES string of the molecule is CCCCCCCCCCCCCCCCCCCCCCCCC(=O)O[C@H](COC(=O)CCCCCCCCCCCCCC)COP(=O)(O)OC[C@@H](O)COP(=O)(O)OC[C@@H](COC(=O)CCCCCCCCCC)OC(=O)CCCCCCCCCCC. The molecule has 0 fully saturated rings. The van der Waals surface area contributed by atoms with Crippen LogP contribution >= 0.6 is 15.6 Å². The van der Waals surface area contributed by atoms with Crippen LogP contribution in [0.4, 0.5) is 0 Å². The highest BCUT2D eigenvalue weighted by Crippen LogP contribution is 2.45. The molecule has 19 heteroatoms. The molecule has 0 saturated heterocycles. The second-order valence-electron chi connectivity index (χ2n) is 26.0. The quantitative estimate of drug-likeness (QED) is 0.0222. The Hall–Kier alpha value is -1.94. The minimum absolute atomic E-state index is 0.106. The van der Waals surface area contributed by atoms with Gasteiger partial charge in [0.25, 0.3) is 0 Å². The number of unbranched alkanes of at least 4 members (excludes halogenated alkanes) is 47. The van der Waals surface area contributed by atoms with E-state index in [1.165, 1.54) is 205 Å². The second kappa shape index (κ2) is 66.7. The highest BCUT2D eigenvalue weighted by Gasteiger charge is 2.30. The van der Waals surface area contributed by atoms with E-state index >= 15 is 0 Å². The number of aliphatic hydroxyl groups excluding tert-OH is 1. The smallest absolute Gasteiger partial charge is 0.462 e. The lowest BCUT2D eigenvalue weighted by Gasteiger charge is -2.21. The molecule has 17 nitrogen and oxygen atoms in total. The number of ether oxygens (including phenoxy) is 4. The summed E-state index contributed by atoms with van der Waals surface area (Å²) in [5.41, 5.74) is 0. The molecule has 0 aliphatic heterocycles. The number of aliphatic hydroxyl groups is 1. The largest absolute Gasteiger partial charge is 0.472 e. The molecule has 0 aromatic heterocycles.